The van der Waals surface area contributed by atoms with Crippen LogP contribution in [0.3, 0.4) is 0 Å². The van der Waals surface area contributed by atoms with E-state index in [0.717, 1.165) is 16.5 Å². The fourth-order valence-corrected chi connectivity index (χ4v) is 3.30. The average Bonchev–Trinajstić information content (AvgIpc) is 2.97. The number of rotatable bonds is 7. The van der Waals surface area contributed by atoms with Gasteiger partial charge in [-0.1, -0.05) is 18.2 Å². The van der Waals surface area contributed by atoms with Crippen LogP contribution in [0.15, 0.2) is 35.6 Å². The topological polar surface area (TPSA) is 80.5 Å². The van der Waals surface area contributed by atoms with Gasteiger partial charge in [0.2, 0.25) is 5.95 Å². The van der Waals surface area contributed by atoms with E-state index in [-0.39, 0.29) is 18.1 Å². The van der Waals surface area contributed by atoms with Crippen molar-refractivity contribution in [3.05, 3.63) is 36.0 Å². The Kier molecular flexibility index (Phi) is 5.77. The van der Waals surface area contributed by atoms with E-state index in [4.69, 9.17) is 4.74 Å². The molecule has 0 bridgehead atoms. The average molecular weight is 381 g/mol. The fourth-order valence-electron chi connectivity index (χ4n) is 3.30. The number of aromatic nitrogens is 4. The van der Waals surface area contributed by atoms with Crippen molar-refractivity contribution < 1.29 is 4.74 Å². The number of ether oxygens (including phenoxy) is 1. The SMILES string of the molecule is COc1nc(N/N=C\c2cn(C)c3ccccc23)nc(N(C(C)C)C(C)C)n1. The second-order valence-corrected chi connectivity index (χ2v) is 7.12. The number of para-hydroxylation sites is 1. The van der Waals surface area contributed by atoms with E-state index < -0.39 is 0 Å². The van der Waals surface area contributed by atoms with E-state index in [1.165, 1.54) is 7.11 Å². The van der Waals surface area contributed by atoms with Gasteiger partial charge < -0.3 is 14.2 Å². The highest BCUT2D eigenvalue weighted by molar-refractivity contribution is 5.99. The zero-order valence-corrected chi connectivity index (χ0v) is 17.2. The third-order valence-corrected chi connectivity index (χ3v) is 4.43. The van der Waals surface area contributed by atoms with Crippen LogP contribution in [0.1, 0.15) is 33.3 Å². The molecule has 8 nitrogen and oxygen atoms in total. The first kappa shape index (κ1) is 19.6. The van der Waals surface area contributed by atoms with Crippen LogP contribution in [-0.2, 0) is 7.05 Å². The van der Waals surface area contributed by atoms with Crippen LogP contribution in [0, 0.1) is 0 Å². The summed E-state index contributed by atoms with van der Waals surface area (Å²) in [5.74, 6) is 0.893. The number of hydrazone groups is 1. The second-order valence-electron chi connectivity index (χ2n) is 7.12. The Morgan fingerprint density at radius 1 is 1.11 bits per heavy atom. The van der Waals surface area contributed by atoms with Gasteiger partial charge in [-0.15, -0.1) is 0 Å². The number of methoxy groups -OCH3 is 1. The summed E-state index contributed by atoms with van der Waals surface area (Å²) in [6.07, 6.45) is 3.80. The van der Waals surface area contributed by atoms with Crippen LogP contribution in [0.5, 0.6) is 6.01 Å². The van der Waals surface area contributed by atoms with Crippen molar-refractivity contribution >= 4 is 29.0 Å². The Hall–Kier alpha value is -3.16. The first-order valence-electron chi connectivity index (χ1n) is 9.32. The van der Waals surface area contributed by atoms with Gasteiger partial charge in [0.25, 0.3) is 5.95 Å². The summed E-state index contributed by atoms with van der Waals surface area (Å²) in [7, 11) is 3.56. The second kappa shape index (κ2) is 8.24. The molecule has 28 heavy (non-hydrogen) atoms. The molecule has 0 radical (unpaired) electrons. The smallest absolute Gasteiger partial charge is 0.322 e. The van der Waals surface area contributed by atoms with Gasteiger partial charge in [-0.05, 0) is 33.8 Å². The van der Waals surface area contributed by atoms with E-state index in [1.807, 2.05) is 25.4 Å². The summed E-state index contributed by atoms with van der Waals surface area (Å²) in [5, 5.41) is 5.46. The molecule has 0 spiro atoms. The monoisotopic (exact) mass is 381 g/mol. The molecule has 0 unspecified atom stereocenters. The van der Waals surface area contributed by atoms with Crippen molar-refractivity contribution in [3.63, 3.8) is 0 Å². The minimum atomic E-state index is 0.235. The molecule has 2 heterocycles. The number of hydrogen-bond acceptors (Lipinski definition) is 7. The van der Waals surface area contributed by atoms with Gasteiger partial charge in [0.1, 0.15) is 0 Å². The van der Waals surface area contributed by atoms with Gasteiger partial charge in [-0.3, -0.25) is 0 Å². The molecule has 0 atom stereocenters. The fraction of sp³-hybridized carbons (Fsp3) is 0.400. The predicted octanol–water partition coefficient (Wildman–Crippen LogP) is 3.44. The van der Waals surface area contributed by atoms with Crippen LogP contribution in [0.4, 0.5) is 11.9 Å². The van der Waals surface area contributed by atoms with Crippen molar-refractivity contribution in [1.29, 1.82) is 0 Å². The normalized spacial score (nSPS) is 11.7. The lowest BCUT2D eigenvalue weighted by Crippen LogP contribution is -2.38. The third-order valence-electron chi connectivity index (χ3n) is 4.43. The first-order chi connectivity index (χ1) is 13.4. The molecule has 1 aromatic carbocycles. The van der Waals surface area contributed by atoms with Gasteiger partial charge in [-0.2, -0.15) is 20.1 Å². The number of aryl methyl sites for hydroxylation is 1. The Morgan fingerprint density at radius 3 is 2.50 bits per heavy atom. The van der Waals surface area contributed by atoms with Gasteiger partial charge in [0.15, 0.2) is 0 Å². The molecule has 8 heteroatoms. The first-order valence-corrected chi connectivity index (χ1v) is 9.32. The van der Waals surface area contributed by atoms with E-state index >= 15 is 0 Å². The standard InChI is InChI=1S/C20H27N7O/c1-13(2)27(14(3)4)19-22-18(23-20(24-19)28-6)25-21-11-15-12-26(5)17-10-8-7-9-16(15)17/h7-14H,1-6H3,(H,22,23,24,25)/b21-11-. The van der Waals surface area contributed by atoms with Crippen LogP contribution >= 0.6 is 0 Å². The quantitative estimate of drug-likeness (QED) is 0.499. The molecule has 0 aliphatic rings. The van der Waals surface area contributed by atoms with Crippen molar-refractivity contribution in [2.45, 2.75) is 39.8 Å². The molecular formula is C20H27N7O. The Bertz CT molecular complexity index is 970. The minimum absolute atomic E-state index is 0.235. The molecule has 0 fully saturated rings. The zero-order valence-electron chi connectivity index (χ0n) is 17.2. The molecule has 0 aliphatic heterocycles. The van der Waals surface area contributed by atoms with Gasteiger partial charge in [0, 0.05) is 41.8 Å². The van der Waals surface area contributed by atoms with Crippen LogP contribution in [0.2, 0.25) is 0 Å². The summed E-state index contributed by atoms with van der Waals surface area (Å²) in [6, 6.07) is 8.91. The number of benzene rings is 1. The van der Waals surface area contributed by atoms with E-state index in [2.05, 4.69) is 74.8 Å². The largest absolute Gasteiger partial charge is 0.467 e. The highest BCUT2D eigenvalue weighted by Gasteiger charge is 2.19. The summed E-state index contributed by atoms with van der Waals surface area (Å²) in [6.45, 7) is 8.40. The van der Waals surface area contributed by atoms with Crippen LogP contribution in [-0.4, -0.2) is 44.9 Å². The van der Waals surface area contributed by atoms with Gasteiger partial charge in [-0.25, -0.2) is 5.43 Å². The highest BCUT2D eigenvalue weighted by Crippen LogP contribution is 2.20. The lowest BCUT2D eigenvalue weighted by atomic mass is 10.2. The number of hydrogen-bond donors (Lipinski definition) is 1. The molecule has 3 rings (SSSR count). The number of anilines is 2. The molecule has 0 saturated heterocycles. The lowest BCUT2D eigenvalue weighted by molar-refractivity contribution is 0.377. The molecule has 148 valence electrons. The number of nitrogens with one attached hydrogen (secondary N) is 1. The van der Waals surface area contributed by atoms with Crippen molar-refractivity contribution in [3.8, 4) is 6.01 Å². The van der Waals surface area contributed by atoms with E-state index in [9.17, 15) is 0 Å². The van der Waals surface area contributed by atoms with Gasteiger partial charge in [0.05, 0.1) is 13.3 Å². The Balaban J connectivity index is 1.87. The molecule has 3 aromatic rings. The maximum Gasteiger partial charge on any atom is 0.322 e. The molecule has 2 aromatic heterocycles. The van der Waals surface area contributed by atoms with E-state index in [1.54, 1.807) is 6.21 Å². The van der Waals surface area contributed by atoms with Crippen molar-refractivity contribution in [2.24, 2.45) is 12.1 Å². The summed E-state index contributed by atoms with van der Waals surface area (Å²) in [4.78, 5) is 15.3. The molecular weight excluding hydrogens is 354 g/mol. The van der Waals surface area contributed by atoms with Crippen LogP contribution < -0.4 is 15.1 Å². The Morgan fingerprint density at radius 2 is 1.82 bits per heavy atom. The maximum atomic E-state index is 5.25. The third kappa shape index (κ3) is 4.05. The van der Waals surface area contributed by atoms with Crippen LogP contribution in [0.25, 0.3) is 10.9 Å². The Labute approximate surface area is 165 Å². The summed E-state index contributed by atoms with van der Waals surface area (Å²) in [5.41, 5.74) is 5.07. The molecule has 0 amide bonds. The zero-order chi connectivity index (χ0) is 20.3. The molecule has 0 saturated carbocycles. The minimum Gasteiger partial charge on any atom is -0.467 e. The number of fused-ring (bicyclic) bond motifs is 1. The molecule has 0 aliphatic carbocycles. The lowest BCUT2D eigenvalue weighted by Gasteiger charge is -2.30. The van der Waals surface area contributed by atoms with Gasteiger partial charge >= 0.3 is 6.01 Å². The van der Waals surface area contributed by atoms with E-state index in [0.29, 0.717) is 11.9 Å². The van der Waals surface area contributed by atoms with Crippen molar-refractivity contribution in [1.82, 2.24) is 19.5 Å². The molecule has 1 N–H and O–H groups in total. The predicted molar refractivity (Wildman–Crippen MR) is 113 cm³/mol. The maximum absolute atomic E-state index is 5.25. The summed E-state index contributed by atoms with van der Waals surface area (Å²) >= 11 is 0. The summed E-state index contributed by atoms with van der Waals surface area (Å²) < 4.78 is 7.32. The number of nitrogens with zero attached hydrogens (tertiary/aromatic N) is 6. The van der Waals surface area contributed by atoms with Crippen molar-refractivity contribution in [2.75, 3.05) is 17.4 Å². The highest BCUT2D eigenvalue weighted by atomic mass is 16.5.